The molecule has 0 radical (unpaired) electrons. The number of hydrogen-bond donors (Lipinski definition) is 0. The first-order valence-electron chi connectivity index (χ1n) is 12.8. The maximum atomic E-state index is 13.7. The number of fused-ring (bicyclic) bond motifs is 2. The van der Waals surface area contributed by atoms with Gasteiger partial charge in [0.2, 0.25) is 5.76 Å². The van der Waals surface area contributed by atoms with E-state index >= 15 is 0 Å². The first-order valence-corrected chi connectivity index (χ1v) is 12.8. The van der Waals surface area contributed by atoms with Crippen molar-refractivity contribution in [3.8, 4) is 11.5 Å². The predicted molar refractivity (Wildman–Crippen MR) is 141 cm³/mol. The molecule has 36 heavy (non-hydrogen) atoms. The summed E-state index contributed by atoms with van der Waals surface area (Å²) in [6.45, 7) is 12.0. The third-order valence-electron chi connectivity index (χ3n) is 6.88. The van der Waals surface area contributed by atoms with Gasteiger partial charge in [0.15, 0.2) is 16.9 Å². The fraction of sp³-hybridized carbons (Fsp3) is 0.448. The van der Waals surface area contributed by atoms with Gasteiger partial charge in [-0.2, -0.15) is 0 Å². The molecule has 0 N–H and O–H groups in total. The molecule has 0 saturated carbocycles. The van der Waals surface area contributed by atoms with Crippen molar-refractivity contribution in [1.82, 2.24) is 9.80 Å². The van der Waals surface area contributed by atoms with Gasteiger partial charge in [0.05, 0.1) is 30.7 Å². The van der Waals surface area contributed by atoms with Crippen molar-refractivity contribution < 1.29 is 18.7 Å². The van der Waals surface area contributed by atoms with Gasteiger partial charge in [-0.3, -0.25) is 9.59 Å². The summed E-state index contributed by atoms with van der Waals surface area (Å²) in [5.41, 5.74) is 1.42. The fourth-order valence-corrected chi connectivity index (χ4v) is 4.71. The van der Waals surface area contributed by atoms with Gasteiger partial charge in [-0.25, -0.2) is 0 Å². The Hall–Kier alpha value is -3.32. The lowest BCUT2D eigenvalue weighted by atomic mass is 9.98. The Morgan fingerprint density at radius 3 is 2.50 bits per heavy atom. The zero-order valence-electron chi connectivity index (χ0n) is 21.9. The summed E-state index contributed by atoms with van der Waals surface area (Å²) in [4.78, 5) is 31.3. The molecule has 0 spiro atoms. The minimum atomic E-state index is -0.567. The summed E-state index contributed by atoms with van der Waals surface area (Å²) in [6, 6.07) is 12.2. The number of benzene rings is 2. The largest absolute Gasteiger partial charge is 0.493 e. The topological polar surface area (TPSA) is 72.2 Å². The van der Waals surface area contributed by atoms with E-state index in [1.165, 1.54) is 0 Å². The van der Waals surface area contributed by atoms with Crippen LogP contribution in [0.15, 0.2) is 51.7 Å². The minimum absolute atomic E-state index is 0.125. The number of methoxy groups -OCH3 is 1. The van der Waals surface area contributed by atoms with Crippen LogP contribution in [0.25, 0.3) is 11.0 Å². The first kappa shape index (κ1) is 25.8. The second kappa shape index (κ2) is 11.2. The molecule has 7 heteroatoms. The Morgan fingerprint density at radius 2 is 1.81 bits per heavy atom. The van der Waals surface area contributed by atoms with Gasteiger partial charge in [0, 0.05) is 13.1 Å². The SMILES string of the molecule is CCN(CC)CCN1C(=O)c2oc3ccccc3c(=O)c2C1c1ccc(OCCC(C)C)c(OC)c1. The van der Waals surface area contributed by atoms with Crippen LogP contribution >= 0.6 is 0 Å². The van der Waals surface area contributed by atoms with Crippen molar-refractivity contribution in [3.05, 3.63) is 69.6 Å². The van der Waals surface area contributed by atoms with Crippen LogP contribution in [0.5, 0.6) is 11.5 Å². The summed E-state index contributed by atoms with van der Waals surface area (Å²) in [6.07, 6.45) is 0.933. The van der Waals surface area contributed by atoms with Crippen LogP contribution in [0.2, 0.25) is 0 Å². The molecule has 4 rings (SSSR count). The quantitative estimate of drug-likeness (QED) is 0.370. The monoisotopic (exact) mass is 492 g/mol. The highest BCUT2D eigenvalue weighted by Gasteiger charge is 2.42. The van der Waals surface area contributed by atoms with Crippen LogP contribution in [-0.2, 0) is 0 Å². The first-order chi connectivity index (χ1) is 17.4. The molecule has 3 aromatic rings. The molecule has 1 aliphatic rings. The standard InChI is InChI=1S/C29H36N2O5/c1-6-30(7-2)15-16-31-26(20-12-13-23(24(18-20)34-5)35-17-14-19(3)4)25-27(32)21-10-8-9-11-22(21)36-28(25)29(31)33/h8-13,18-19,26H,6-7,14-17H2,1-5H3. The highest BCUT2D eigenvalue weighted by Crippen LogP contribution is 2.40. The highest BCUT2D eigenvalue weighted by molar-refractivity contribution is 5.99. The molecule has 0 saturated heterocycles. The number of hydrogen-bond acceptors (Lipinski definition) is 6. The number of rotatable bonds is 11. The zero-order valence-corrected chi connectivity index (χ0v) is 21.9. The normalized spacial score (nSPS) is 15.2. The van der Waals surface area contributed by atoms with Crippen LogP contribution in [0.3, 0.4) is 0 Å². The molecule has 1 amide bonds. The van der Waals surface area contributed by atoms with Gasteiger partial charge >= 0.3 is 0 Å². The molecule has 1 aliphatic heterocycles. The molecule has 0 bridgehead atoms. The Labute approximate surface area is 212 Å². The summed E-state index contributed by atoms with van der Waals surface area (Å²) < 4.78 is 17.7. The molecule has 0 aliphatic carbocycles. The van der Waals surface area contributed by atoms with Crippen LogP contribution in [0.4, 0.5) is 0 Å². The summed E-state index contributed by atoms with van der Waals surface area (Å²) in [5, 5.41) is 0.472. The Morgan fingerprint density at radius 1 is 1.06 bits per heavy atom. The maximum absolute atomic E-state index is 13.7. The number of nitrogens with zero attached hydrogens (tertiary/aromatic N) is 2. The number of carbonyl (C=O) groups excluding carboxylic acids is 1. The van der Waals surface area contributed by atoms with Gasteiger partial charge in [0.25, 0.3) is 5.91 Å². The van der Waals surface area contributed by atoms with Crippen LogP contribution < -0.4 is 14.9 Å². The molecule has 1 aromatic heterocycles. The van der Waals surface area contributed by atoms with Gasteiger partial charge in [-0.15, -0.1) is 0 Å². The molecule has 1 unspecified atom stereocenters. The lowest BCUT2D eigenvalue weighted by molar-refractivity contribution is 0.0708. The Balaban J connectivity index is 1.79. The third-order valence-corrected chi connectivity index (χ3v) is 6.88. The van der Waals surface area contributed by atoms with E-state index in [1.54, 1.807) is 30.2 Å². The second-order valence-corrected chi connectivity index (χ2v) is 9.54. The van der Waals surface area contributed by atoms with Crippen molar-refractivity contribution in [2.45, 2.75) is 40.2 Å². The molecule has 0 fully saturated rings. The van der Waals surface area contributed by atoms with Crippen LogP contribution in [-0.4, -0.2) is 55.6 Å². The average Bonchev–Trinajstić information content (AvgIpc) is 3.16. The highest BCUT2D eigenvalue weighted by atomic mass is 16.5. The number of ether oxygens (including phenoxy) is 2. The number of carbonyl (C=O) groups is 1. The van der Waals surface area contributed by atoms with E-state index in [0.29, 0.717) is 53.6 Å². The van der Waals surface area contributed by atoms with Gasteiger partial charge in [-0.1, -0.05) is 45.9 Å². The van der Waals surface area contributed by atoms with Crippen molar-refractivity contribution in [2.75, 3.05) is 39.9 Å². The van der Waals surface area contributed by atoms with Gasteiger partial charge in [-0.05, 0) is 55.3 Å². The molecular weight excluding hydrogens is 456 g/mol. The van der Waals surface area contributed by atoms with E-state index in [9.17, 15) is 9.59 Å². The Bertz CT molecular complexity index is 1280. The zero-order chi connectivity index (χ0) is 25.8. The smallest absolute Gasteiger partial charge is 0.290 e. The summed E-state index contributed by atoms with van der Waals surface area (Å²) in [7, 11) is 1.60. The maximum Gasteiger partial charge on any atom is 0.290 e. The van der Waals surface area contributed by atoms with E-state index in [2.05, 4.69) is 32.6 Å². The van der Waals surface area contributed by atoms with E-state index < -0.39 is 6.04 Å². The van der Waals surface area contributed by atoms with Crippen molar-refractivity contribution in [3.63, 3.8) is 0 Å². The number of para-hydroxylation sites is 1. The van der Waals surface area contributed by atoms with E-state index in [-0.39, 0.29) is 17.1 Å². The second-order valence-electron chi connectivity index (χ2n) is 9.54. The Kier molecular flexibility index (Phi) is 7.99. The van der Waals surface area contributed by atoms with Gasteiger partial charge in [0.1, 0.15) is 5.58 Å². The van der Waals surface area contributed by atoms with E-state index in [4.69, 9.17) is 13.9 Å². The van der Waals surface area contributed by atoms with Crippen LogP contribution in [0, 0.1) is 5.92 Å². The molecule has 2 aromatic carbocycles. The summed E-state index contributed by atoms with van der Waals surface area (Å²) >= 11 is 0. The predicted octanol–water partition coefficient (Wildman–Crippen LogP) is 5.11. The van der Waals surface area contributed by atoms with Crippen molar-refractivity contribution in [2.24, 2.45) is 5.92 Å². The van der Waals surface area contributed by atoms with Gasteiger partial charge < -0.3 is 23.7 Å². The van der Waals surface area contributed by atoms with E-state index in [1.807, 2.05) is 24.3 Å². The molecular formula is C29H36N2O5. The average molecular weight is 493 g/mol. The molecule has 192 valence electrons. The third kappa shape index (κ3) is 4.98. The minimum Gasteiger partial charge on any atom is -0.493 e. The molecule has 2 heterocycles. The summed E-state index contributed by atoms with van der Waals surface area (Å²) in [5.74, 6) is 1.61. The molecule has 1 atom stereocenters. The van der Waals surface area contributed by atoms with Crippen molar-refractivity contribution in [1.29, 1.82) is 0 Å². The van der Waals surface area contributed by atoms with Crippen molar-refractivity contribution >= 4 is 16.9 Å². The lowest BCUT2D eigenvalue weighted by Crippen LogP contribution is -2.37. The van der Waals surface area contributed by atoms with Crippen LogP contribution in [0.1, 0.15) is 61.8 Å². The van der Waals surface area contributed by atoms with E-state index in [0.717, 1.165) is 25.1 Å². The molecule has 7 nitrogen and oxygen atoms in total. The number of likely N-dealkylation sites (N-methyl/N-ethyl adjacent to an activating group) is 1. The lowest BCUT2D eigenvalue weighted by Gasteiger charge is -2.28. The fourth-order valence-electron chi connectivity index (χ4n) is 4.71. The number of amides is 1.